The molecule has 5 heteroatoms. The molecule has 0 amide bonds. The zero-order valence-corrected chi connectivity index (χ0v) is 7.80. The first-order valence-corrected chi connectivity index (χ1v) is 4.37. The minimum Gasteiger partial charge on any atom is -0.472 e. The van der Waals surface area contributed by atoms with E-state index in [2.05, 4.69) is 10.1 Å². The van der Waals surface area contributed by atoms with E-state index in [9.17, 15) is 0 Å². The van der Waals surface area contributed by atoms with Gasteiger partial charge in [-0.3, -0.25) is 0 Å². The van der Waals surface area contributed by atoms with Crippen LogP contribution in [0.3, 0.4) is 0 Å². The van der Waals surface area contributed by atoms with Gasteiger partial charge in [0.25, 0.3) is 5.89 Å². The van der Waals surface area contributed by atoms with Crippen LogP contribution in [0, 0.1) is 0 Å². The molecule has 0 radical (unpaired) electrons. The Hall–Kier alpha value is -1.62. The Labute approximate surface area is 80.9 Å². The average molecular weight is 193 g/mol. The van der Waals surface area contributed by atoms with Crippen molar-refractivity contribution in [2.75, 3.05) is 6.54 Å². The third kappa shape index (κ3) is 1.54. The molecule has 0 aliphatic rings. The fourth-order valence-corrected chi connectivity index (χ4v) is 1.04. The van der Waals surface area contributed by atoms with Crippen LogP contribution in [0.25, 0.3) is 11.5 Å². The number of aromatic nitrogens is 2. The summed E-state index contributed by atoms with van der Waals surface area (Å²) in [4.78, 5) is 4.21. The maximum absolute atomic E-state index is 5.49. The Kier molecular flexibility index (Phi) is 2.32. The summed E-state index contributed by atoms with van der Waals surface area (Å²) in [5, 5.41) is 3.84. The van der Waals surface area contributed by atoms with E-state index in [4.69, 9.17) is 14.7 Å². The predicted molar refractivity (Wildman–Crippen MR) is 49.5 cm³/mol. The molecule has 0 bridgehead atoms. The van der Waals surface area contributed by atoms with Crippen LogP contribution in [0.4, 0.5) is 0 Å². The van der Waals surface area contributed by atoms with Crippen LogP contribution in [0.1, 0.15) is 18.7 Å². The lowest BCUT2D eigenvalue weighted by Crippen LogP contribution is -2.10. The second-order valence-corrected chi connectivity index (χ2v) is 3.11. The SMILES string of the molecule is CC(CN)c1noc(-c2ccoc2)n1. The second-order valence-electron chi connectivity index (χ2n) is 3.11. The molecule has 0 aliphatic heterocycles. The molecular weight excluding hydrogens is 182 g/mol. The Morgan fingerprint density at radius 3 is 3.07 bits per heavy atom. The van der Waals surface area contributed by atoms with Crippen LogP contribution in [0.2, 0.25) is 0 Å². The summed E-state index contributed by atoms with van der Waals surface area (Å²) in [5.41, 5.74) is 6.28. The number of rotatable bonds is 3. The van der Waals surface area contributed by atoms with Crippen LogP contribution in [-0.4, -0.2) is 16.7 Å². The normalized spacial score (nSPS) is 13.0. The third-order valence-electron chi connectivity index (χ3n) is 2.00. The van der Waals surface area contributed by atoms with Crippen LogP contribution >= 0.6 is 0 Å². The van der Waals surface area contributed by atoms with Gasteiger partial charge < -0.3 is 14.7 Å². The van der Waals surface area contributed by atoms with Gasteiger partial charge >= 0.3 is 0 Å². The topological polar surface area (TPSA) is 78.1 Å². The van der Waals surface area contributed by atoms with Gasteiger partial charge in [-0.2, -0.15) is 4.98 Å². The minimum atomic E-state index is 0.111. The molecule has 2 aromatic rings. The van der Waals surface area contributed by atoms with E-state index in [0.29, 0.717) is 18.3 Å². The first-order chi connectivity index (χ1) is 6.81. The van der Waals surface area contributed by atoms with Crippen LogP contribution < -0.4 is 5.73 Å². The standard InChI is InChI=1S/C9H11N3O2/c1-6(4-10)8-11-9(14-12-8)7-2-3-13-5-7/h2-3,5-6H,4,10H2,1H3. The van der Waals surface area contributed by atoms with E-state index in [1.54, 1.807) is 18.6 Å². The Morgan fingerprint density at radius 1 is 1.57 bits per heavy atom. The molecule has 2 aromatic heterocycles. The van der Waals surface area contributed by atoms with Crippen molar-refractivity contribution < 1.29 is 8.94 Å². The number of furan rings is 1. The number of hydrogen-bond acceptors (Lipinski definition) is 5. The lowest BCUT2D eigenvalue weighted by molar-refractivity contribution is 0.417. The lowest BCUT2D eigenvalue weighted by atomic mass is 10.2. The van der Waals surface area contributed by atoms with E-state index < -0.39 is 0 Å². The van der Waals surface area contributed by atoms with Crippen LogP contribution in [-0.2, 0) is 0 Å². The Bertz CT molecular complexity index is 394. The highest BCUT2D eigenvalue weighted by Gasteiger charge is 2.13. The fourth-order valence-electron chi connectivity index (χ4n) is 1.04. The fraction of sp³-hybridized carbons (Fsp3) is 0.333. The highest BCUT2D eigenvalue weighted by molar-refractivity contribution is 5.49. The molecule has 1 unspecified atom stereocenters. The molecule has 74 valence electrons. The second kappa shape index (κ2) is 3.63. The molecule has 1 atom stereocenters. The van der Waals surface area contributed by atoms with Crippen molar-refractivity contribution in [2.45, 2.75) is 12.8 Å². The van der Waals surface area contributed by atoms with Gasteiger partial charge in [0, 0.05) is 12.5 Å². The van der Waals surface area contributed by atoms with Crippen molar-refractivity contribution in [3.8, 4) is 11.5 Å². The number of nitrogens with two attached hydrogens (primary N) is 1. The largest absolute Gasteiger partial charge is 0.472 e. The maximum atomic E-state index is 5.49. The quantitative estimate of drug-likeness (QED) is 0.796. The van der Waals surface area contributed by atoms with E-state index in [0.717, 1.165) is 5.56 Å². The van der Waals surface area contributed by atoms with E-state index in [1.807, 2.05) is 6.92 Å². The number of hydrogen-bond donors (Lipinski definition) is 1. The summed E-state index contributed by atoms with van der Waals surface area (Å²) >= 11 is 0. The monoisotopic (exact) mass is 193 g/mol. The van der Waals surface area contributed by atoms with Crippen LogP contribution in [0.5, 0.6) is 0 Å². The summed E-state index contributed by atoms with van der Waals surface area (Å²) < 4.78 is 9.97. The van der Waals surface area contributed by atoms with E-state index in [-0.39, 0.29) is 5.92 Å². The maximum Gasteiger partial charge on any atom is 0.261 e. The molecule has 0 spiro atoms. The van der Waals surface area contributed by atoms with Crippen molar-refractivity contribution in [2.24, 2.45) is 5.73 Å². The van der Waals surface area contributed by atoms with Crippen molar-refractivity contribution >= 4 is 0 Å². The minimum absolute atomic E-state index is 0.111. The van der Waals surface area contributed by atoms with Gasteiger partial charge in [-0.25, -0.2) is 0 Å². The molecule has 14 heavy (non-hydrogen) atoms. The van der Waals surface area contributed by atoms with Crippen molar-refractivity contribution in [1.29, 1.82) is 0 Å². The third-order valence-corrected chi connectivity index (χ3v) is 2.00. The molecule has 0 saturated carbocycles. The average Bonchev–Trinajstić information content (AvgIpc) is 2.86. The van der Waals surface area contributed by atoms with E-state index in [1.165, 1.54) is 0 Å². The molecule has 2 rings (SSSR count). The molecule has 2 N–H and O–H groups in total. The molecule has 0 aliphatic carbocycles. The molecule has 0 saturated heterocycles. The molecule has 5 nitrogen and oxygen atoms in total. The zero-order valence-electron chi connectivity index (χ0n) is 7.80. The van der Waals surface area contributed by atoms with Gasteiger partial charge in [-0.15, -0.1) is 0 Å². The summed E-state index contributed by atoms with van der Waals surface area (Å²) in [6.07, 6.45) is 3.12. The summed E-state index contributed by atoms with van der Waals surface area (Å²) in [6.45, 7) is 2.45. The van der Waals surface area contributed by atoms with Crippen molar-refractivity contribution in [3.05, 3.63) is 24.4 Å². The lowest BCUT2D eigenvalue weighted by Gasteiger charge is -1.98. The van der Waals surface area contributed by atoms with Crippen molar-refractivity contribution in [1.82, 2.24) is 10.1 Å². The summed E-state index contributed by atoms with van der Waals surface area (Å²) in [7, 11) is 0. The molecular formula is C9H11N3O2. The van der Waals surface area contributed by atoms with Gasteiger partial charge in [-0.1, -0.05) is 12.1 Å². The van der Waals surface area contributed by atoms with Crippen LogP contribution in [0.15, 0.2) is 27.5 Å². The molecule has 2 heterocycles. The first-order valence-electron chi connectivity index (χ1n) is 4.37. The highest BCUT2D eigenvalue weighted by atomic mass is 16.5. The zero-order chi connectivity index (χ0) is 9.97. The summed E-state index contributed by atoms with van der Waals surface area (Å²) in [5.74, 6) is 1.21. The number of nitrogens with zero attached hydrogens (tertiary/aromatic N) is 2. The van der Waals surface area contributed by atoms with Gasteiger partial charge in [0.15, 0.2) is 5.82 Å². The first kappa shape index (κ1) is 8.96. The smallest absolute Gasteiger partial charge is 0.261 e. The Morgan fingerprint density at radius 2 is 2.43 bits per heavy atom. The molecule has 0 fully saturated rings. The molecule has 0 aromatic carbocycles. The predicted octanol–water partition coefficient (Wildman–Crippen LogP) is 1.39. The van der Waals surface area contributed by atoms with Gasteiger partial charge in [0.2, 0.25) is 0 Å². The van der Waals surface area contributed by atoms with E-state index >= 15 is 0 Å². The highest BCUT2D eigenvalue weighted by Crippen LogP contribution is 2.19. The van der Waals surface area contributed by atoms with Gasteiger partial charge in [-0.05, 0) is 6.07 Å². The summed E-state index contributed by atoms with van der Waals surface area (Å²) in [6, 6.07) is 1.77. The Balaban J connectivity index is 2.26. The van der Waals surface area contributed by atoms with Gasteiger partial charge in [0.1, 0.15) is 6.26 Å². The van der Waals surface area contributed by atoms with Gasteiger partial charge in [0.05, 0.1) is 11.8 Å². The van der Waals surface area contributed by atoms with Crippen molar-refractivity contribution in [3.63, 3.8) is 0 Å².